The molecule has 0 aromatic carbocycles. The van der Waals surface area contributed by atoms with Gasteiger partial charge in [0, 0.05) is 18.5 Å². The van der Waals surface area contributed by atoms with E-state index in [9.17, 15) is 4.79 Å². The van der Waals surface area contributed by atoms with Crippen molar-refractivity contribution in [3.05, 3.63) is 18.2 Å². The van der Waals surface area contributed by atoms with Gasteiger partial charge in [-0.3, -0.25) is 4.79 Å². The summed E-state index contributed by atoms with van der Waals surface area (Å²) in [6, 6.07) is -0.422. The molecule has 0 aliphatic rings. The van der Waals surface area contributed by atoms with Gasteiger partial charge in [-0.2, -0.15) is 0 Å². The van der Waals surface area contributed by atoms with Crippen molar-refractivity contribution in [1.82, 2.24) is 9.97 Å². The van der Waals surface area contributed by atoms with Gasteiger partial charge >= 0.3 is 0 Å². The summed E-state index contributed by atoms with van der Waals surface area (Å²) in [5.74, 6) is 0.227. The number of hydrogen-bond acceptors (Lipinski definition) is 3. The Hall–Kier alpha value is -1.16. The van der Waals surface area contributed by atoms with Gasteiger partial charge in [0.2, 0.25) is 0 Å². The van der Waals surface area contributed by atoms with Crippen molar-refractivity contribution in [3.63, 3.8) is 0 Å². The van der Waals surface area contributed by atoms with Crippen LogP contribution in [-0.4, -0.2) is 21.8 Å². The number of carbonyl (C=O) groups excluding carboxylic acids is 1. The highest BCUT2D eigenvalue weighted by Crippen LogP contribution is 2.13. The highest BCUT2D eigenvalue weighted by atomic mass is 16.1. The highest BCUT2D eigenvalue weighted by Gasteiger charge is 2.20. The van der Waals surface area contributed by atoms with Crippen molar-refractivity contribution < 1.29 is 4.79 Å². The largest absolute Gasteiger partial charge is 0.351 e. The molecular weight excluding hydrogens is 226 g/mol. The number of nitrogens with zero attached hydrogens (tertiary/aromatic N) is 1. The lowest BCUT2D eigenvalue weighted by Gasteiger charge is -2.15. The van der Waals surface area contributed by atoms with Crippen LogP contribution in [0.15, 0.2) is 12.5 Å². The van der Waals surface area contributed by atoms with Gasteiger partial charge in [-0.05, 0) is 6.42 Å². The first-order valence-electron chi connectivity index (χ1n) is 6.92. The van der Waals surface area contributed by atoms with Crippen LogP contribution in [0.4, 0.5) is 0 Å². The lowest BCUT2D eigenvalue weighted by atomic mass is 9.92. The van der Waals surface area contributed by atoms with Crippen LogP contribution in [0.2, 0.25) is 0 Å². The van der Waals surface area contributed by atoms with Crippen LogP contribution in [-0.2, 0) is 11.2 Å². The van der Waals surface area contributed by atoms with Crippen LogP contribution >= 0.6 is 0 Å². The summed E-state index contributed by atoms with van der Waals surface area (Å²) in [5, 5.41) is 0. The minimum atomic E-state index is -0.422. The molecule has 2 atom stereocenters. The molecule has 1 heterocycles. The molecule has 0 saturated carbocycles. The molecule has 0 fully saturated rings. The Morgan fingerprint density at radius 1 is 1.44 bits per heavy atom. The minimum absolute atomic E-state index is 0.0656. The van der Waals surface area contributed by atoms with Crippen molar-refractivity contribution in [2.24, 2.45) is 11.7 Å². The number of carbonyl (C=O) groups is 1. The number of Topliss-reactive ketones (excluding diaryl/α,β-unsaturated/α-hetero) is 1. The maximum Gasteiger partial charge on any atom is 0.152 e. The molecule has 0 amide bonds. The number of aromatic nitrogens is 2. The number of rotatable bonds is 9. The van der Waals surface area contributed by atoms with Gasteiger partial charge in [0.1, 0.15) is 0 Å². The molecule has 3 N–H and O–H groups in total. The van der Waals surface area contributed by atoms with Crippen LogP contribution in [0.5, 0.6) is 0 Å². The van der Waals surface area contributed by atoms with E-state index in [1.165, 1.54) is 19.3 Å². The molecule has 4 nitrogen and oxygen atoms in total. The van der Waals surface area contributed by atoms with Crippen LogP contribution in [0.25, 0.3) is 0 Å². The Kier molecular flexibility index (Phi) is 6.65. The molecule has 1 rings (SSSR count). The third-order valence-corrected chi connectivity index (χ3v) is 3.33. The first-order chi connectivity index (χ1) is 8.65. The van der Waals surface area contributed by atoms with Gasteiger partial charge in [-0.1, -0.05) is 39.5 Å². The first-order valence-corrected chi connectivity index (χ1v) is 6.92. The topological polar surface area (TPSA) is 71.8 Å². The normalized spacial score (nSPS) is 14.4. The average molecular weight is 251 g/mol. The average Bonchev–Trinajstić information content (AvgIpc) is 2.86. The number of hydrogen-bond donors (Lipinski definition) is 2. The summed E-state index contributed by atoms with van der Waals surface area (Å²) in [6.45, 7) is 4.17. The van der Waals surface area contributed by atoms with Crippen molar-refractivity contribution in [2.75, 3.05) is 0 Å². The first kappa shape index (κ1) is 14.9. The number of H-pyrrole nitrogens is 1. The zero-order valence-electron chi connectivity index (χ0n) is 11.5. The molecule has 0 aliphatic carbocycles. The van der Waals surface area contributed by atoms with Gasteiger partial charge in [0.05, 0.1) is 18.1 Å². The number of ketones is 1. The predicted molar refractivity (Wildman–Crippen MR) is 73.2 cm³/mol. The Morgan fingerprint density at radius 2 is 2.22 bits per heavy atom. The van der Waals surface area contributed by atoms with Crippen LogP contribution < -0.4 is 5.73 Å². The van der Waals surface area contributed by atoms with Gasteiger partial charge in [-0.15, -0.1) is 0 Å². The van der Waals surface area contributed by atoms with Crippen molar-refractivity contribution in [3.8, 4) is 0 Å². The zero-order valence-corrected chi connectivity index (χ0v) is 11.5. The van der Waals surface area contributed by atoms with E-state index in [1.807, 2.05) is 6.92 Å². The molecule has 0 aliphatic heterocycles. The highest BCUT2D eigenvalue weighted by molar-refractivity contribution is 5.85. The minimum Gasteiger partial charge on any atom is -0.351 e. The Balaban J connectivity index is 2.29. The second-order valence-corrected chi connectivity index (χ2v) is 5.02. The molecule has 0 saturated heterocycles. The fourth-order valence-corrected chi connectivity index (χ4v) is 2.11. The van der Waals surface area contributed by atoms with E-state index in [0.717, 1.165) is 18.5 Å². The molecule has 0 bridgehead atoms. The monoisotopic (exact) mass is 251 g/mol. The molecule has 0 radical (unpaired) electrons. The van der Waals surface area contributed by atoms with Gasteiger partial charge in [-0.25, -0.2) is 4.98 Å². The molecule has 1 aromatic rings. The van der Waals surface area contributed by atoms with E-state index in [2.05, 4.69) is 16.9 Å². The summed E-state index contributed by atoms with van der Waals surface area (Å²) >= 11 is 0. The predicted octanol–water partition coefficient (Wildman–Crippen LogP) is 2.46. The van der Waals surface area contributed by atoms with Crippen LogP contribution in [0, 0.1) is 5.92 Å². The Morgan fingerprint density at radius 3 is 2.83 bits per heavy atom. The van der Waals surface area contributed by atoms with E-state index < -0.39 is 6.04 Å². The van der Waals surface area contributed by atoms with Crippen molar-refractivity contribution in [2.45, 2.75) is 58.4 Å². The zero-order chi connectivity index (χ0) is 13.4. The molecule has 1 unspecified atom stereocenters. The Labute approximate surface area is 109 Å². The molecule has 0 spiro atoms. The fraction of sp³-hybridized carbons (Fsp3) is 0.714. The summed E-state index contributed by atoms with van der Waals surface area (Å²) in [5.41, 5.74) is 6.79. The van der Waals surface area contributed by atoms with E-state index >= 15 is 0 Å². The number of aromatic amines is 1. The van der Waals surface area contributed by atoms with E-state index in [0.29, 0.717) is 6.42 Å². The van der Waals surface area contributed by atoms with Crippen LogP contribution in [0.1, 0.15) is 51.6 Å². The SMILES string of the molecule is CCCCCCC(C)C(=O)[C@@H](N)Cc1c[nH]cn1. The van der Waals surface area contributed by atoms with E-state index in [-0.39, 0.29) is 11.7 Å². The molecule has 4 heteroatoms. The number of nitrogens with one attached hydrogen (secondary N) is 1. The van der Waals surface area contributed by atoms with Crippen molar-refractivity contribution in [1.29, 1.82) is 0 Å². The smallest absolute Gasteiger partial charge is 0.152 e. The lowest BCUT2D eigenvalue weighted by molar-refractivity contribution is -0.123. The summed E-state index contributed by atoms with van der Waals surface area (Å²) in [7, 11) is 0. The molecule has 1 aromatic heterocycles. The molecular formula is C14H25N3O. The second kappa shape index (κ2) is 8.03. The maximum atomic E-state index is 12.1. The number of unbranched alkanes of at least 4 members (excludes halogenated alkanes) is 3. The second-order valence-electron chi connectivity index (χ2n) is 5.02. The van der Waals surface area contributed by atoms with E-state index in [1.54, 1.807) is 12.5 Å². The van der Waals surface area contributed by atoms with Gasteiger partial charge < -0.3 is 10.7 Å². The quantitative estimate of drug-likeness (QED) is 0.662. The summed E-state index contributed by atoms with van der Waals surface area (Å²) in [4.78, 5) is 19.0. The Bertz CT molecular complexity index is 335. The maximum absolute atomic E-state index is 12.1. The third kappa shape index (κ3) is 5.00. The van der Waals surface area contributed by atoms with Crippen molar-refractivity contribution >= 4 is 5.78 Å². The fourth-order valence-electron chi connectivity index (χ4n) is 2.11. The molecule has 18 heavy (non-hydrogen) atoms. The van der Waals surface area contributed by atoms with Gasteiger partial charge in [0.15, 0.2) is 5.78 Å². The number of imidazole rings is 1. The number of nitrogens with two attached hydrogens (primary N) is 1. The summed E-state index contributed by atoms with van der Waals surface area (Å²) in [6.07, 6.45) is 9.69. The summed E-state index contributed by atoms with van der Waals surface area (Å²) < 4.78 is 0. The molecule has 102 valence electrons. The lowest BCUT2D eigenvalue weighted by Crippen LogP contribution is -2.36. The standard InChI is InChI=1S/C14H25N3O/c1-3-4-5-6-7-11(2)14(18)13(15)8-12-9-16-10-17-12/h9-11,13H,3-8,15H2,1-2H3,(H,16,17)/t11?,13-/m0/s1. The van der Waals surface area contributed by atoms with E-state index in [4.69, 9.17) is 5.73 Å². The van der Waals surface area contributed by atoms with Gasteiger partial charge in [0.25, 0.3) is 0 Å². The van der Waals surface area contributed by atoms with Crippen LogP contribution in [0.3, 0.4) is 0 Å². The third-order valence-electron chi connectivity index (χ3n) is 3.33.